The fourth-order valence-corrected chi connectivity index (χ4v) is 3.44. The molecular formula is C22H25ClN2O3. The van der Waals surface area contributed by atoms with Crippen LogP contribution in [0.15, 0.2) is 36.4 Å². The van der Waals surface area contributed by atoms with Crippen LogP contribution in [-0.4, -0.2) is 43.5 Å². The summed E-state index contributed by atoms with van der Waals surface area (Å²) in [5, 5.41) is 3.58. The van der Waals surface area contributed by atoms with Crippen molar-refractivity contribution >= 4 is 23.4 Å². The summed E-state index contributed by atoms with van der Waals surface area (Å²) in [5.41, 5.74) is 4.40. The van der Waals surface area contributed by atoms with E-state index in [2.05, 4.69) is 24.4 Å². The maximum Gasteiger partial charge on any atom is 0.222 e. The maximum atomic E-state index is 12.0. The number of carbonyl (C=O) groups is 2. The molecule has 0 aliphatic carbocycles. The molecule has 2 amide bonds. The molecule has 1 atom stereocenters. The second kappa shape index (κ2) is 8.65. The van der Waals surface area contributed by atoms with Gasteiger partial charge in [0.25, 0.3) is 0 Å². The summed E-state index contributed by atoms with van der Waals surface area (Å²) in [6, 6.07) is 11.9. The number of fused-ring (bicyclic) bond motifs is 1. The van der Waals surface area contributed by atoms with Crippen molar-refractivity contribution in [2.45, 2.75) is 32.3 Å². The van der Waals surface area contributed by atoms with Crippen LogP contribution < -0.4 is 10.1 Å². The van der Waals surface area contributed by atoms with Gasteiger partial charge in [0.1, 0.15) is 11.9 Å². The topological polar surface area (TPSA) is 58.6 Å². The Morgan fingerprint density at radius 1 is 1.18 bits per heavy atom. The van der Waals surface area contributed by atoms with Gasteiger partial charge in [0.05, 0.1) is 6.54 Å². The number of aryl methyl sites for hydroxylation is 1. The maximum absolute atomic E-state index is 12.0. The highest BCUT2D eigenvalue weighted by atomic mass is 35.5. The number of halogens is 1. The van der Waals surface area contributed by atoms with E-state index < -0.39 is 0 Å². The van der Waals surface area contributed by atoms with Crippen molar-refractivity contribution in [2.75, 3.05) is 20.6 Å². The van der Waals surface area contributed by atoms with Gasteiger partial charge in [-0.1, -0.05) is 29.8 Å². The van der Waals surface area contributed by atoms with Crippen LogP contribution in [0.4, 0.5) is 0 Å². The van der Waals surface area contributed by atoms with Crippen molar-refractivity contribution in [3.8, 4) is 16.9 Å². The third kappa shape index (κ3) is 4.84. The van der Waals surface area contributed by atoms with Gasteiger partial charge in [0.2, 0.25) is 11.8 Å². The predicted octanol–water partition coefficient (Wildman–Crippen LogP) is 3.60. The van der Waals surface area contributed by atoms with Crippen molar-refractivity contribution < 1.29 is 14.3 Å². The summed E-state index contributed by atoms with van der Waals surface area (Å²) in [5.74, 6) is 0.682. The average Bonchev–Trinajstić information content (AvgIpc) is 3.07. The lowest BCUT2D eigenvalue weighted by Crippen LogP contribution is -2.35. The minimum Gasteiger partial charge on any atom is -0.487 e. The highest BCUT2D eigenvalue weighted by Crippen LogP contribution is 2.40. The van der Waals surface area contributed by atoms with Crippen molar-refractivity contribution in [3.63, 3.8) is 0 Å². The fourth-order valence-electron chi connectivity index (χ4n) is 3.31. The smallest absolute Gasteiger partial charge is 0.222 e. The van der Waals surface area contributed by atoms with E-state index >= 15 is 0 Å². The molecule has 28 heavy (non-hydrogen) atoms. The fraction of sp³-hybridized carbons (Fsp3) is 0.364. The molecule has 0 saturated carbocycles. The Hall–Kier alpha value is -2.53. The Labute approximate surface area is 170 Å². The molecule has 0 fully saturated rings. The van der Waals surface area contributed by atoms with E-state index in [4.69, 9.17) is 16.3 Å². The SMILES string of the molecule is Cc1cc2c(c(-c3ccc(Cl)cc3)c1)OC(CNC(=O)CCC(=O)N(C)C)C2. The van der Waals surface area contributed by atoms with Crippen molar-refractivity contribution in [1.29, 1.82) is 0 Å². The molecule has 5 nitrogen and oxygen atoms in total. The Morgan fingerprint density at radius 2 is 1.89 bits per heavy atom. The van der Waals surface area contributed by atoms with Gasteiger partial charge in [0, 0.05) is 43.9 Å². The number of hydrogen-bond acceptors (Lipinski definition) is 3. The van der Waals surface area contributed by atoms with Crippen LogP contribution >= 0.6 is 11.6 Å². The summed E-state index contributed by atoms with van der Waals surface area (Å²) >= 11 is 6.01. The quantitative estimate of drug-likeness (QED) is 0.805. The van der Waals surface area contributed by atoms with E-state index in [9.17, 15) is 9.59 Å². The van der Waals surface area contributed by atoms with E-state index in [0.717, 1.165) is 28.9 Å². The van der Waals surface area contributed by atoms with Crippen LogP contribution in [0.5, 0.6) is 5.75 Å². The molecule has 1 unspecified atom stereocenters. The van der Waals surface area contributed by atoms with Crippen LogP contribution in [0.3, 0.4) is 0 Å². The monoisotopic (exact) mass is 400 g/mol. The lowest BCUT2D eigenvalue weighted by Gasteiger charge is -2.14. The van der Waals surface area contributed by atoms with E-state index in [1.54, 1.807) is 14.1 Å². The third-order valence-electron chi connectivity index (χ3n) is 4.79. The molecule has 6 heteroatoms. The largest absolute Gasteiger partial charge is 0.487 e. The summed E-state index contributed by atoms with van der Waals surface area (Å²) in [7, 11) is 3.37. The summed E-state index contributed by atoms with van der Waals surface area (Å²) in [6.07, 6.45) is 1.03. The lowest BCUT2D eigenvalue weighted by molar-refractivity contribution is -0.131. The van der Waals surface area contributed by atoms with Gasteiger partial charge in [0.15, 0.2) is 0 Å². The summed E-state index contributed by atoms with van der Waals surface area (Å²) < 4.78 is 6.17. The molecule has 148 valence electrons. The average molecular weight is 401 g/mol. The molecular weight excluding hydrogens is 376 g/mol. The summed E-state index contributed by atoms with van der Waals surface area (Å²) in [4.78, 5) is 25.1. The number of hydrogen-bond donors (Lipinski definition) is 1. The van der Waals surface area contributed by atoms with Gasteiger partial charge in [-0.05, 0) is 41.8 Å². The zero-order valence-electron chi connectivity index (χ0n) is 16.4. The molecule has 0 radical (unpaired) electrons. The van der Waals surface area contributed by atoms with Crippen LogP contribution in [0.25, 0.3) is 11.1 Å². The predicted molar refractivity (Wildman–Crippen MR) is 111 cm³/mol. The minimum absolute atomic E-state index is 0.0530. The van der Waals surface area contributed by atoms with E-state index in [1.165, 1.54) is 10.5 Å². The zero-order valence-corrected chi connectivity index (χ0v) is 17.2. The van der Waals surface area contributed by atoms with Gasteiger partial charge in [-0.3, -0.25) is 9.59 Å². The van der Waals surface area contributed by atoms with Crippen LogP contribution in [0.1, 0.15) is 24.0 Å². The first-order valence-electron chi connectivity index (χ1n) is 9.36. The number of nitrogens with zero attached hydrogens (tertiary/aromatic N) is 1. The van der Waals surface area contributed by atoms with Gasteiger partial charge in [-0.25, -0.2) is 0 Å². The molecule has 3 rings (SSSR count). The van der Waals surface area contributed by atoms with Crippen LogP contribution in [0.2, 0.25) is 5.02 Å². The molecule has 0 spiro atoms. The van der Waals surface area contributed by atoms with Crippen LogP contribution in [0, 0.1) is 6.92 Å². The lowest BCUT2D eigenvalue weighted by atomic mass is 9.98. The van der Waals surface area contributed by atoms with E-state index in [1.807, 2.05) is 24.3 Å². The molecule has 1 heterocycles. The van der Waals surface area contributed by atoms with Gasteiger partial charge < -0.3 is 15.0 Å². The molecule has 2 aromatic carbocycles. The molecule has 0 aromatic heterocycles. The molecule has 1 N–H and O–H groups in total. The number of amides is 2. The first kappa shape index (κ1) is 20.2. The Bertz CT molecular complexity index is 878. The van der Waals surface area contributed by atoms with Crippen molar-refractivity contribution in [1.82, 2.24) is 10.2 Å². The van der Waals surface area contributed by atoms with Crippen molar-refractivity contribution in [3.05, 3.63) is 52.5 Å². The normalized spacial score (nSPS) is 14.9. The Balaban J connectivity index is 1.63. The molecule has 0 bridgehead atoms. The number of carbonyl (C=O) groups excluding carboxylic acids is 2. The minimum atomic E-state index is -0.135. The highest BCUT2D eigenvalue weighted by molar-refractivity contribution is 6.30. The van der Waals surface area contributed by atoms with E-state index in [0.29, 0.717) is 11.6 Å². The van der Waals surface area contributed by atoms with Gasteiger partial charge in [-0.15, -0.1) is 0 Å². The molecule has 1 aliphatic rings. The second-order valence-electron chi connectivity index (χ2n) is 7.34. The van der Waals surface area contributed by atoms with E-state index in [-0.39, 0.29) is 30.8 Å². The van der Waals surface area contributed by atoms with Crippen LogP contribution in [-0.2, 0) is 16.0 Å². The Morgan fingerprint density at radius 3 is 2.57 bits per heavy atom. The first-order chi connectivity index (χ1) is 13.3. The summed E-state index contributed by atoms with van der Waals surface area (Å²) in [6.45, 7) is 2.49. The molecule has 0 saturated heterocycles. The zero-order chi connectivity index (χ0) is 20.3. The number of rotatable bonds is 6. The number of benzene rings is 2. The standard InChI is InChI=1S/C22H25ClN2O3/c1-14-10-16-12-18(13-24-20(26)8-9-21(27)25(2)3)28-22(16)19(11-14)15-4-6-17(23)7-5-15/h4-7,10-11,18H,8-9,12-13H2,1-3H3,(H,24,26). The van der Waals surface area contributed by atoms with Gasteiger partial charge >= 0.3 is 0 Å². The van der Waals surface area contributed by atoms with Crippen molar-refractivity contribution in [2.24, 2.45) is 0 Å². The highest BCUT2D eigenvalue weighted by Gasteiger charge is 2.26. The third-order valence-corrected chi connectivity index (χ3v) is 5.04. The number of ether oxygens (including phenoxy) is 1. The molecule has 2 aromatic rings. The molecule has 1 aliphatic heterocycles. The number of nitrogens with one attached hydrogen (secondary N) is 1. The van der Waals surface area contributed by atoms with Gasteiger partial charge in [-0.2, -0.15) is 0 Å². The first-order valence-corrected chi connectivity index (χ1v) is 9.74. The Kier molecular flexibility index (Phi) is 6.25. The second-order valence-corrected chi connectivity index (χ2v) is 7.78.